The maximum atomic E-state index is 11.5. The summed E-state index contributed by atoms with van der Waals surface area (Å²) in [5, 5.41) is 8.59. The Balaban J connectivity index is 3.55. The molecular formula is C9H13NO6S. The van der Waals surface area contributed by atoms with Crippen LogP contribution in [0.2, 0.25) is 0 Å². The average molecular weight is 263 g/mol. The number of ether oxygens (including phenoxy) is 3. The van der Waals surface area contributed by atoms with Crippen molar-refractivity contribution in [3.8, 4) is 17.2 Å². The van der Waals surface area contributed by atoms with E-state index in [1.54, 1.807) is 0 Å². The van der Waals surface area contributed by atoms with Crippen LogP contribution >= 0.6 is 0 Å². The molecule has 1 rings (SSSR count). The molecule has 0 saturated carbocycles. The fourth-order valence-corrected chi connectivity index (χ4v) is 2.10. The van der Waals surface area contributed by atoms with Crippen molar-refractivity contribution in [2.75, 3.05) is 21.3 Å². The van der Waals surface area contributed by atoms with E-state index in [-0.39, 0.29) is 16.4 Å². The first-order chi connectivity index (χ1) is 8.01. The summed E-state index contributed by atoms with van der Waals surface area (Å²) in [6, 6.07) is 2.63. The monoisotopic (exact) mass is 263 g/mol. The Bertz CT molecular complexity index is 498. The minimum atomic E-state index is -4.05. The molecule has 0 radical (unpaired) electrons. The number of methoxy groups -OCH3 is 3. The molecule has 0 unspecified atom stereocenters. The SMILES string of the molecule is COc1ccc(S(=O)(=O)NO)c(OC)c1OC. The molecule has 0 aliphatic heterocycles. The molecule has 1 aromatic rings. The van der Waals surface area contributed by atoms with Crippen molar-refractivity contribution in [2.45, 2.75) is 4.90 Å². The third-order valence-electron chi connectivity index (χ3n) is 2.08. The summed E-state index contributed by atoms with van der Waals surface area (Å²) >= 11 is 0. The van der Waals surface area contributed by atoms with E-state index in [1.165, 1.54) is 38.3 Å². The van der Waals surface area contributed by atoms with Crippen LogP contribution < -0.4 is 19.1 Å². The Kier molecular flexibility index (Phi) is 4.16. The summed E-state index contributed by atoms with van der Waals surface area (Å²) in [4.78, 5) is 0.967. The van der Waals surface area contributed by atoms with E-state index >= 15 is 0 Å². The van der Waals surface area contributed by atoms with E-state index in [1.807, 2.05) is 0 Å². The summed E-state index contributed by atoms with van der Waals surface area (Å²) in [7, 11) is -0.00531. The van der Waals surface area contributed by atoms with E-state index in [4.69, 9.17) is 19.4 Å². The molecule has 0 aliphatic carbocycles. The van der Waals surface area contributed by atoms with Crippen molar-refractivity contribution in [3.63, 3.8) is 0 Å². The molecule has 7 nitrogen and oxygen atoms in total. The first kappa shape index (κ1) is 13.6. The van der Waals surface area contributed by atoms with Crippen LogP contribution in [0.1, 0.15) is 0 Å². The zero-order chi connectivity index (χ0) is 13.1. The molecule has 0 bridgehead atoms. The molecule has 0 aliphatic rings. The number of hydrogen-bond donors (Lipinski definition) is 2. The van der Waals surface area contributed by atoms with Gasteiger partial charge in [-0.1, -0.05) is 4.89 Å². The Hall–Kier alpha value is -1.51. The summed E-state index contributed by atoms with van der Waals surface area (Å²) in [5.74, 6) is 0.404. The normalized spacial score (nSPS) is 11.1. The van der Waals surface area contributed by atoms with Crippen LogP contribution in [0.15, 0.2) is 17.0 Å². The highest BCUT2D eigenvalue weighted by Gasteiger charge is 2.24. The highest BCUT2D eigenvalue weighted by molar-refractivity contribution is 7.89. The summed E-state index contributed by atoms with van der Waals surface area (Å²) < 4.78 is 38.0. The number of hydrogen-bond acceptors (Lipinski definition) is 6. The van der Waals surface area contributed by atoms with Gasteiger partial charge in [-0.15, -0.1) is 0 Å². The zero-order valence-corrected chi connectivity index (χ0v) is 10.4. The molecule has 0 heterocycles. The van der Waals surface area contributed by atoms with Gasteiger partial charge >= 0.3 is 0 Å². The fraction of sp³-hybridized carbons (Fsp3) is 0.333. The lowest BCUT2D eigenvalue weighted by atomic mass is 10.3. The average Bonchev–Trinajstić information content (AvgIpc) is 2.36. The number of nitrogens with one attached hydrogen (secondary N) is 1. The molecule has 0 fully saturated rings. The van der Waals surface area contributed by atoms with Gasteiger partial charge in [-0.25, -0.2) is 8.42 Å². The number of sulfonamides is 1. The van der Waals surface area contributed by atoms with Crippen LogP contribution in [0.5, 0.6) is 17.2 Å². The first-order valence-corrected chi connectivity index (χ1v) is 5.95. The summed E-state index contributed by atoms with van der Waals surface area (Å²) in [6.45, 7) is 0. The van der Waals surface area contributed by atoms with E-state index < -0.39 is 10.0 Å². The van der Waals surface area contributed by atoms with Gasteiger partial charge in [0.2, 0.25) is 5.75 Å². The molecule has 2 N–H and O–H groups in total. The van der Waals surface area contributed by atoms with E-state index in [2.05, 4.69) is 0 Å². The topological polar surface area (TPSA) is 94.1 Å². The minimum Gasteiger partial charge on any atom is -0.493 e. The van der Waals surface area contributed by atoms with Gasteiger partial charge < -0.3 is 19.4 Å². The van der Waals surface area contributed by atoms with Crippen molar-refractivity contribution in [2.24, 2.45) is 0 Å². The smallest absolute Gasteiger partial charge is 0.266 e. The van der Waals surface area contributed by atoms with Gasteiger partial charge in [0.1, 0.15) is 4.90 Å². The Morgan fingerprint density at radius 2 is 1.65 bits per heavy atom. The highest BCUT2D eigenvalue weighted by Crippen LogP contribution is 2.41. The van der Waals surface area contributed by atoms with Gasteiger partial charge in [0.05, 0.1) is 21.3 Å². The lowest BCUT2D eigenvalue weighted by Gasteiger charge is -2.14. The summed E-state index contributed by atoms with van der Waals surface area (Å²) in [5.41, 5.74) is 0. The molecule has 96 valence electrons. The lowest BCUT2D eigenvalue weighted by molar-refractivity contribution is 0.241. The predicted molar refractivity (Wildman–Crippen MR) is 58.2 cm³/mol. The number of benzene rings is 1. The van der Waals surface area contributed by atoms with Crippen LogP contribution in [-0.2, 0) is 10.0 Å². The molecule has 8 heteroatoms. The second kappa shape index (κ2) is 5.21. The van der Waals surface area contributed by atoms with Crippen molar-refractivity contribution in [1.29, 1.82) is 0 Å². The second-order valence-electron chi connectivity index (χ2n) is 2.93. The van der Waals surface area contributed by atoms with Gasteiger partial charge in [-0.3, -0.25) is 0 Å². The second-order valence-corrected chi connectivity index (χ2v) is 4.56. The quantitative estimate of drug-likeness (QED) is 0.746. The molecule has 0 saturated heterocycles. The fourth-order valence-electron chi connectivity index (χ4n) is 1.33. The van der Waals surface area contributed by atoms with Crippen LogP contribution in [0.3, 0.4) is 0 Å². The molecule has 1 aromatic carbocycles. The van der Waals surface area contributed by atoms with Crippen molar-refractivity contribution in [1.82, 2.24) is 4.89 Å². The van der Waals surface area contributed by atoms with E-state index in [0.29, 0.717) is 5.75 Å². The van der Waals surface area contributed by atoms with Crippen LogP contribution in [0, 0.1) is 0 Å². The molecule has 17 heavy (non-hydrogen) atoms. The maximum Gasteiger partial charge on any atom is 0.266 e. The largest absolute Gasteiger partial charge is 0.493 e. The van der Waals surface area contributed by atoms with Crippen molar-refractivity contribution in [3.05, 3.63) is 12.1 Å². The lowest BCUT2D eigenvalue weighted by Crippen LogP contribution is -2.20. The van der Waals surface area contributed by atoms with Gasteiger partial charge in [0, 0.05) is 0 Å². The Morgan fingerprint density at radius 1 is 1.06 bits per heavy atom. The minimum absolute atomic E-state index is 0.0478. The molecule has 0 atom stereocenters. The van der Waals surface area contributed by atoms with Gasteiger partial charge in [-0.2, -0.15) is 0 Å². The molecular weight excluding hydrogens is 250 g/mol. The standard InChI is InChI=1S/C9H13NO6S/c1-14-6-4-5-7(17(12,13)10-11)9(16-3)8(6)15-2/h4-5,10-11H,1-3H3. The van der Waals surface area contributed by atoms with E-state index in [0.717, 1.165) is 0 Å². The third kappa shape index (κ3) is 2.43. The van der Waals surface area contributed by atoms with Gasteiger partial charge in [-0.05, 0) is 12.1 Å². The predicted octanol–water partition coefficient (Wildman–Crippen LogP) is 0.380. The van der Waals surface area contributed by atoms with Crippen LogP contribution in [0.25, 0.3) is 0 Å². The van der Waals surface area contributed by atoms with Crippen LogP contribution in [0.4, 0.5) is 0 Å². The third-order valence-corrected chi connectivity index (χ3v) is 3.22. The highest BCUT2D eigenvalue weighted by atomic mass is 32.2. The van der Waals surface area contributed by atoms with Crippen molar-refractivity contribution < 1.29 is 27.8 Å². The van der Waals surface area contributed by atoms with Crippen molar-refractivity contribution >= 4 is 10.0 Å². The molecule has 0 spiro atoms. The van der Waals surface area contributed by atoms with Gasteiger partial charge in [0.25, 0.3) is 10.0 Å². The molecule has 0 aromatic heterocycles. The Morgan fingerprint density at radius 3 is 2.06 bits per heavy atom. The van der Waals surface area contributed by atoms with E-state index in [9.17, 15) is 8.42 Å². The zero-order valence-electron chi connectivity index (χ0n) is 9.55. The summed E-state index contributed by atoms with van der Waals surface area (Å²) in [6.07, 6.45) is 0. The van der Waals surface area contributed by atoms with Crippen LogP contribution in [-0.4, -0.2) is 35.0 Å². The first-order valence-electron chi connectivity index (χ1n) is 4.46. The number of rotatable bonds is 5. The van der Waals surface area contributed by atoms with Gasteiger partial charge in [0.15, 0.2) is 11.5 Å². The Labute approximate surface area is 98.9 Å². The molecule has 0 amide bonds. The maximum absolute atomic E-state index is 11.5.